The lowest BCUT2D eigenvalue weighted by atomic mass is 9.68. The van der Waals surface area contributed by atoms with Crippen molar-refractivity contribution in [1.82, 2.24) is 16.0 Å². The average molecular weight is 434 g/mol. The van der Waals surface area contributed by atoms with Crippen LogP contribution in [0.5, 0.6) is 0 Å². The first-order chi connectivity index (χ1) is 14.6. The van der Waals surface area contributed by atoms with Gasteiger partial charge in [0.25, 0.3) is 0 Å². The average Bonchev–Trinajstić information content (AvgIpc) is 3.10. The second-order valence-corrected chi connectivity index (χ2v) is 11.1. The molecule has 0 bridgehead atoms. The van der Waals surface area contributed by atoms with Gasteiger partial charge in [-0.1, -0.05) is 47.0 Å². The topological polar surface area (TPSA) is 90.5 Å². The summed E-state index contributed by atoms with van der Waals surface area (Å²) in [6.07, 6.45) is 10.4. The zero-order valence-corrected chi connectivity index (χ0v) is 20.0. The molecule has 0 aromatic rings. The molecule has 176 valence electrons. The van der Waals surface area contributed by atoms with Gasteiger partial charge < -0.3 is 21.1 Å². The van der Waals surface area contributed by atoms with Crippen LogP contribution in [0.25, 0.3) is 0 Å². The Kier molecular flexibility index (Phi) is 7.59. The maximum Gasteiger partial charge on any atom is 0.329 e. The minimum Gasteiger partial charge on any atom is -0.480 e. The molecule has 2 saturated carbocycles. The molecule has 0 saturated heterocycles. The van der Waals surface area contributed by atoms with Crippen molar-refractivity contribution in [3.05, 3.63) is 11.8 Å². The maximum absolute atomic E-state index is 13.1. The molecule has 3 aliphatic rings. The van der Waals surface area contributed by atoms with Crippen molar-refractivity contribution < 1.29 is 14.7 Å². The summed E-state index contributed by atoms with van der Waals surface area (Å²) in [5, 5.41) is 19.6. The lowest BCUT2D eigenvalue weighted by molar-refractivity contribution is -0.143. The second kappa shape index (κ2) is 9.83. The SMILES string of the molecule is CC(C)C1CCCC(C(C)C)C1NC(=O)NC(C)(CC1=CNC2CCCCC12)C(=O)O. The predicted octanol–water partition coefficient (Wildman–Crippen LogP) is 4.66. The van der Waals surface area contributed by atoms with Crippen LogP contribution >= 0.6 is 0 Å². The molecule has 1 aliphatic heterocycles. The number of rotatable bonds is 7. The summed E-state index contributed by atoms with van der Waals surface area (Å²) in [6.45, 7) is 10.5. The fourth-order valence-electron chi connectivity index (χ4n) is 6.27. The van der Waals surface area contributed by atoms with Crippen LogP contribution in [-0.4, -0.2) is 34.7 Å². The number of fused-ring (bicyclic) bond motifs is 1. The molecule has 4 N–H and O–H groups in total. The molecule has 0 spiro atoms. The standard InChI is InChI=1S/C25H43N3O3/c1-15(2)18-10-8-11-19(16(3)4)22(18)27-24(31)28-25(5,23(29)30)13-17-14-26-21-12-7-6-9-20(17)21/h14-16,18-22,26H,6-13H2,1-5H3,(H,29,30)(H2,27,28,31). The normalized spacial score (nSPS) is 32.6. The van der Waals surface area contributed by atoms with Gasteiger partial charge >= 0.3 is 12.0 Å². The Labute approximate surface area is 188 Å². The Morgan fingerprint density at radius 1 is 1.06 bits per heavy atom. The van der Waals surface area contributed by atoms with Gasteiger partial charge in [-0.15, -0.1) is 0 Å². The van der Waals surface area contributed by atoms with Crippen LogP contribution in [0.3, 0.4) is 0 Å². The van der Waals surface area contributed by atoms with E-state index >= 15 is 0 Å². The van der Waals surface area contributed by atoms with Crippen LogP contribution < -0.4 is 16.0 Å². The molecular formula is C25H43N3O3. The summed E-state index contributed by atoms with van der Waals surface area (Å²) >= 11 is 0. The molecule has 2 aliphatic carbocycles. The molecule has 0 radical (unpaired) electrons. The van der Waals surface area contributed by atoms with Gasteiger partial charge in [0, 0.05) is 24.4 Å². The number of carbonyl (C=O) groups excluding carboxylic acids is 1. The minimum absolute atomic E-state index is 0.0851. The van der Waals surface area contributed by atoms with Crippen molar-refractivity contribution >= 4 is 12.0 Å². The van der Waals surface area contributed by atoms with Crippen LogP contribution in [0.15, 0.2) is 11.8 Å². The largest absolute Gasteiger partial charge is 0.480 e. The highest BCUT2D eigenvalue weighted by Crippen LogP contribution is 2.39. The molecule has 0 aromatic heterocycles. The van der Waals surface area contributed by atoms with E-state index in [0.717, 1.165) is 31.3 Å². The Hall–Kier alpha value is -1.72. The maximum atomic E-state index is 13.1. The van der Waals surface area contributed by atoms with Gasteiger partial charge in [-0.25, -0.2) is 9.59 Å². The van der Waals surface area contributed by atoms with Crippen molar-refractivity contribution in [3.63, 3.8) is 0 Å². The summed E-state index contributed by atoms with van der Waals surface area (Å²) < 4.78 is 0. The van der Waals surface area contributed by atoms with Gasteiger partial charge in [-0.2, -0.15) is 0 Å². The molecular weight excluding hydrogens is 390 g/mol. The Balaban J connectivity index is 1.70. The molecule has 5 atom stereocenters. The first-order valence-corrected chi connectivity index (χ1v) is 12.4. The number of urea groups is 1. The molecule has 6 heteroatoms. The van der Waals surface area contributed by atoms with Gasteiger partial charge in [-0.3, -0.25) is 0 Å². The molecule has 3 rings (SSSR count). The van der Waals surface area contributed by atoms with E-state index in [4.69, 9.17) is 0 Å². The zero-order chi connectivity index (χ0) is 22.8. The highest BCUT2D eigenvalue weighted by molar-refractivity contribution is 5.86. The highest BCUT2D eigenvalue weighted by atomic mass is 16.4. The van der Waals surface area contributed by atoms with Crippen LogP contribution in [0.4, 0.5) is 4.79 Å². The first kappa shape index (κ1) is 23.9. The van der Waals surface area contributed by atoms with Gasteiger partial charge in [0.2, 0.25) is 0 Å². The number of carbonyl (C=O) groups is 2. The number of hydrogen-bond acceptors (Lipinski definition) is 3. The fourth-order valence-corrected chi connectivity index (χ4v) is 6.27. The third-order valence-electron chi connectivity index (χ3n) is 8.15. The van der Waals surface area contributed by atoms with Crippen molar-refractivity contribution in [2.45, 2.75) is 104 Å². The van der Waals surface area contributed by atoms with Crippen LogP contribution in [0, 0.1) is 29.6 Å². The van der Waals surface area contributed by atoms with E-state index in [1.165, 1.54) is 19.3 Å². The summed E-state index contributed by atoms with van der Waals surface area (Å²) in [7, 11) is 0. The lowest BCUT2D eigenvalue weighted by Gasteiger charge is -2.43. The third-order valence-corrected chi connectivity index (χ3v) is 8.15. The Morgan fingerprint density at radius 2 is 1.68 bits per heavy atom. The van der Waals surface area contributed by atoms with E-state index in [1.54, 1.807) is 6.92 Å². The molecule has 2 amide bonds. The van der Waals surface area contributed by atoms with E-state index in [9.17, 15) is 14.7 Å². The van der Waals surface area contributed by atoms with Crippen molar-refractivity contribution in [3.8, 4) is 0 Å². The molecule has 0 aromatic carbocycles. The second-order valence-electron chi connectivity index (χ2n) is 11.1. The summed E-state index contributed by atoms with van der Waals surface area (Å²) in [5.41, 5.74) is -0.188. The van der Waals surface area contributed by atoms with E-state index in [1.807, 2.05) is 6.20 Å². The summed E-state index contributed by atoms with van der Waals surface area (Å²) in [5.74, 6) is 1.23. The zero-order valence-electron chi connectivity index (χ0n) is 20.0. The van der Waals surface area contributed by atoms with E-state index < -0.39 is 11.5 Å². The number of hydrogen-bond donors (Lipinski definition) is 4. The summed E-state index contributed by atoms with van der Waals surface area (Å²) in [6, 6.07) is 0.165. The predicted molar refractivity (Wildman–Crippen MR) is 124 cm³/mol. The van der Waals surface area contributed by atoms with Gasteiger partial charge in [0.15, 0.2) is 0 Å². The molecule has 31 heavy (non-hydrogen) atoms. The fraction of sp³-hybridized carbons (Fsp3) is 0.840. The summed E-state index contributed by atoms with van der Waals surface area (Å²) in [4.78, 5) is 25.4. The van der Waals surface area contributed by atoms with Gasteiger partial charge in [0.1, 0.15) is 5.54 Å². The van der Waals surface area contributed by atoms with Crippen molar-refractivity contribution in [1.29, 1.82) is 0 Å². The lowest BCUT2D eigenvalue weighted by Crippen LogP contribution is -2.60. The smallest absolute Gasteiger partial charge is 0.329 e. The molecule has 1 heterocycles. The van der Waals surface area contributed by atoms with E-state index in [0.29, 0.717) is 42.1 Å². The quantitative estimate of drug-likeness (QED) is 0.470. The van der Waals surface area contributed by atoms with E-state index in [2.05, 4.69) is 43.6 Å². The molecule has 5 unspecified atom stereocenters. The Morgan fingerprint density at radius 3 is 2.26 bits per heavy atom. The van der Waals surface area contributed by atoms with E-state index in [-0.39, 0.29) is 12.1 Å². The number of carboxylic acid groups (broad SMARTS) is 1. The monoisotopic (exact) mass is 433 g/mol. The van der Waals surface area contributed by atoms with Crippen molar-refractivity contribution in [2.24, 2.45) is 29.6 Å². The van der Waals surface area contributed by atoms with Gasteiger partial charge in [-0.05, 0) is 68.1 Å². The molecule has 6 nitrogen and oxygen atoms in total. The molecule has 2 fully saturated rings. The van der Waals surface area contributed by atoms with Crippen LogP contribution in [-0.2, 0) is 4.79 Å². The highest BCUT2D eigenvalue weighted by Gasteiger charge is 2.42. The number of aliphatic carboxylic acids is 1. The minimum atomic E-state index is -1.32. The number of nitrogens with one attached hydrogen (secondary N) is 3. The van der Waals surface area contributed by atoms with Crippen LogP contribution in [0.1, 0.15) is 86.0 Å². The van der Waals surface area contributed by atoms with Crippen molar-refractivity contribution in [2.75, 3.05) is 0 Å². The Bertz CT molecular complexity index is 673. The first-order valence-electron chi connectivity index (χ1n) is 12.4. The van der Waals surface area contributed by atoms with Crippen LogP contribution in [0.2, 0.25) is 0 Å². The number of carboxylic acids is 1. The third kappa shape index (κ3) is 5.38. The van der Waals surface area contributed by atoms with Gasteiger partial charge in [0.05, 0.1) is 0 Å². The number of amides is 2.